The van der Waals surface area contributed by atoms with Gasteiger partial charge in [0.05, 0.1) is 8.67 Å². The van der Waals surface area contributed by atoms with Crippen molar-refractivity contribution in [2.75, 3.05) is 0 Å². The fourth-order valence-electron chi connectivity index (χ4n) is 1.48. The second-order valence-electron chi connectivity index (χ2n) is 3.78. The van der Waals surface area contributed by atoms with Crippen molar-refractivity contribution in [2.45, 2.75) is 18.2 Å². The number of hydrogen-bond acceptors (Lipinski definition) is 2. The second-order valence-corrected chi connectivity index (χ2v) is 7.17. The van der Waals surface area contributed by atoms with E-state index in [2.05, 4.69) is 27.0 Å². The van der Waals surface area contributed by atoms with E-state index in [1.807, 2.05) is 25.3 Å². The first-order chi connectivity index (χ1) is 8.06. The maximum atomic E-state index is 6.12. The molecule has 1 unspecified atom stereocenters. The lowest BCUT2D eigenvalue weighted by Crippen LogP contribution is -1.97. The van der Waals surface area contributed by atoms with Crippen LogP contribution in [0.4, 0.5) is 0 Å². The van der Waals surface area contributed by atoms with E-state index in [1.165, 1.54) is 11.3 Å². The van der Waals surface area contributed by atoms with Crippen molar-refractivity contribution < 1.29 is 0 Å². The summed E-state index contributed by atoms with van der Waals surface area (Å²) in [4.78, 5) is 4.52. The number of rotatable bonds is 3. The number of aryl methyl sites for hydroxylation is 1. The highest BCUT2D eigenvalue weighted by molar-refractivity contribution is 9.09. The van der Waals surface area contributed by atoms with Crippen molar-refractivity contribution >= 4 is 50.5 Å². The number of halogens is 3. The highest BCUT2D eigenvalue weighted by Crippen LogP contribution is 2.39. The first kappa shape index (κ1) is 13.3. The van der Waals surface area contributed by atoms with E-state index in [0.29, 0.717) is 4.34 Å². The van der Waals surface area contributed by atoms with Gasteiger partial charge in [-0.05, 0) is 30.2 Å². The van der Waals surface area contributed by atoms with Gasteiger partial charge in [-0.1, -0.05) is 45.2 Å². The number of alkyl halides is 1. The first-order valence-electron chi connectivity index (χ1n) is 5.06. The Morgan fingerprint density at radius 2 is 2.18 bits per heavy atom. The van der Waals surface area contributed by atoms with Crippen LogP contribution in [0.3, 0.4) is 0 Å². The lowest BCUT2D eigenvalue weighted by atomic mass is 10.1. The van der Waals surface area contributed by atoms with Crippen molar-refractivity contribution in [3.05, 3.63) is 49.9 Å². The van der Waals surface area contributed by atoms with E-state index < -0.39 is 0 Å². The van der Waals surface area contributed by atoms with Crippen LogP contribution >= 0.6 is 50.5 Å². The van der Waals surface area contributed by atoms with Gasteiger partial charge in [0.1, 0.15) is 0 Å². The van der Waals surface area contributed by atoms with E-state index >= 15 is 0 Å². The molecule has 2 aromatic heterocycles. The Hall–Kier alpha value is -0.0900. The molecule has 5 heteroatoms. The molecule has 0 spiro atoms. The molecule has 0 radical (unpaired) electrons. The standard InChI is InChI=1S/C12H10BrCl2NS/c1-7-2-3-8(16-6-7)4-10(13)9-5-11(14)17-12(9)15/h2-3,5-6,10H,4H2,1H3. The van der Waals surface area contributed by atoms with Crippen molar-refractivity contribution in [1.82, 2.24) is 4.98 Å². The van der Waals surface area contributed by atoms with Crippen molar-refractivity contribution in [3.8, 4) is 0 Å². The molecule has 0 aliphatic carbocycles. The molecule has 2 aromatic rings. The van der Waals surface area contributed by atoms with E-state index in [1.54, 1.807) is 0 Å². The molecule has 0 amide bonds. The highest BCUT2D eigenvalue weighted by atomic mass is 79.9. The monoisotopic (exact) mass is 349 g/mol. The van der Waals surface area contributed by atoms with Crippen LogP contribution in [-0.2, 0) is 6.42 Å². The Kier molecular flexibility index (Phi) is 4.47. The third kappa shape index (κ3) is 3.44. The number of aromatic nitrogens is 1. The van der Waals surface area contributed by atoms with Gasteiger partial charge in [0.25, 0.3) is 0 Å². The zero-order chi connectivity index (χ0) is 12.4. The van der Waals surface area contributed by atoms with Gasteiger partial charge in [-0.15, -0.1) is 11.3 Å². The fourth-order valence-corrected chi connectivity index (χ4v) is 4.03. The molecular formula is C12H10BrCl2NS. The van der Waals surface area contributed by atoms with Crippen LogP contribution in [0.25, 0.3) is 0 Å². The molecule has 1 nitrogen and oxygen atoms in total. The van der Waals surface area contributed by atoms with Gasteiger partial charge in [-0.2, -0.15) is 0 Å². The summed E-state index contributed by atoms with van der Waals surface area (Å²) in [6, 6.07) is 6.00. The smallest absolute Gasteiger partial charge is 0.0987 e. The van der Waals surface area contributed by atoms with Crippen LogP contribution in [0.2, 0.25) is 8.67 Å². The van der Waals surface area contributed by atoms with E-state index in [0.717, 1.165) is 27.6 Å². The third-order valence-corrected chi connectivity index (χ3v) is 4.72. The predicted octanol–water partition coefficient (Wildman–Crippen LogP) is 5.44. The Morgan fingerprint density at radius 3 is 2.71 bits per heavy atom. The maximum absolute atomic E-state index is 6.12. The molecule has 17 heavy (non-hydrogen) atoms. The summed E-state index contributed by atoms with van der Waals surface area (Å²) in [5.74, 6) is 0. The topological polar surface area (TPSA) is 12.9 Å². The summed E-state index contributed by atoms with van der Waals surface area (Å²) in [6.45, 7) is 2.03. The summed E-state index contributed by atoms with van der Waals surface area (Å²) in [6.07, 6.45) is 2.67. The van der Waals surface area contributed by atoms with Gasteiger partial charge >= 0.3 is 0 Å². The van der Waals surface area contributed by atoms with Crippen LogP contribution in [0, 0.1) is 6.92 Å². The lowest BCUT2D eigenvalue weighted by molar-refractivity contribution is 0.906. The van der Waals surface area contributed by atoms with Gasteiger partial charge in [0.15, 0.2) is 0 Å². The van der Waals surface area contributed by atoms with Gasteiger partial charge < -0.3 is 0 Å². The van der Waals surface area contributed by atoms with Gasteiger partial charge in [-0.25, -0.2) is 0 Å². The molecule has 90 valence electrons. The summed E-state index contributed by atoms with van der Waals surface area (Å²) in [5.41, 5.74) is 3.23. The third-order valence-electron chi connectivity index (χ3n) is 2.38. The zero-order valence-corrected chi connectivity index (χ0v) is 13.0. The average molecular weight is 351 g/mol. The van der Waals surface area contributed by atoms with Crippen LogP contribution in [0.1, 0.15) is 21.6 Å². The zero-order valence-electron chi connectivity index (χ0n) is 9.08. The van der Waals surface area contributed by atoms with Gasteiger partial charge in [0, 0.05) is 23.1 Å². The molecule has 0 N–H and O–H groups in total. The summed E-state index contributed by atoms with van der Waals surface area (Å²) < 4.78 is 1.45. The van der Waals surface area contributed by atoms with Crippen LogP contribution < -0.4 is 0 Å². The fraction of sp³-hybridized carbons (Fsp3) is 0.250. The van der Waals surface area contributed by atoms with E-state index in [-0.39, 0.29) is 4.83 Å². The number of pyridine rings is 1. The maximum Gasteiger partial charge on any atom is 0.0987 e. The summed E-state index contributed by atoms with van der Waals surface area (Å²) >= 11 is 17.1. The molecule has 2 rings (SSSR count). The Morgan fingerprint density at radius 1 is 1.41 bits per heavy atom. The molecule has 0 aromatic carbocycles. The minimum atomic E-state index is 0.147. The average Bonchev–Trinajstić information content (AvgIpc) is 2.61. The van der Waals surface area contributed by atoms with Crippen LogP contribution in [-0.4, -0.2) is 4.98 Å². The Labute approximate surface area is 123 Å². The Bertz CT molecular complexity index is 510. The predicted molar refractivity (Wildman–Crippen MR) is 78.7 cm³/mol. The van der Waals surface area contributed by atoms with Crippen molar-refractivity contribution in [3.63, 3.8) is 0 Å². The molecule has 0 saturated carbocycles. The number of hydrogen-bond donors (Lipinski definition) is 0. The largest absolute Gasteiger partial charge is 0.261 e. The van der Waals surface area contributed by atoms with Crippen LogP contribution in [0.15, 0.2) is 24.4 Å². The van der Waals surface area contributed by atoms with Crippen molar-refractivity contribution in [1.29, 1.82) is 0 Å². The minimum absolute atomic E-state index is 0.147. The van der Waals surface area contributed by atoms with E-state index in [9.17, 15) is 0 Å². The summed E-state index contributed by atoms with van der Waals surface area (Å²) in [5, 5.41) is 0. The number of thiophene rings is 1. The second kappa shape index (κ2) is 5.70. The molecular weight excluding hydrogens is 341 g/mol. The SMILES string of the molecule is Cc1ccc(CC(Br)c2cc(Cl)sc2Cl)nc1. The quantitative estimate of drug-likeness (QED) is 0.672. The van der Waals surface area contributed by atoms with Crippen molar-refractivity contribution in [2.24, 2.45) is 0 Å². The Balaban J connectivity index is 2.14. The molecule has 0 saturated heterocycles. The minimum Gasteiger partial charge on any atom is -0.261 e. The molecule has 0 aliphatic heterocycles. The van der Waals surface area contributed by atoms with E-state index in [4.69, 9.17) is 23.2 Å². The normalized spacial score (nSPS) is 12.7. The number of nitrogens with zero attached hydrogens (tertiary/aromatic N) is 1. The van der Waals surface area contributed by atoms with Gasteiger partial charge in [0.2, 0.25) is 0 Å². The summed E-state index contributed by atoms with van der Waals surface area (Å²) in [7, 11) is 0. The molecule has 2 heterocycles. The van der Waals surface area contributed by atoms with Crippen LogP contribution in [0.5, 0.6) is 0 Å². The lowest BCUT2D eigenvalue weighted by Gasteiger charge is -2.08. The molecule has 0 fully saturated rings. The van der Waals surface area contributed by atoms with Gasteiger partial charge in [-0.3, -0.25) is 4.98 Å². The molecule has 0 aliphatic rings. The first-order valence-corrected chi connectivity index (χ1v) is 7.55. The molecule has 0 bridgehead atoms. The highest BCUT2D eigenvalue weighted by Gasteiger charge is 2.15. The molecule has 1 atom stereocenters.